The first-order valence-electron chi connectivity index (χ1n) is 4.36. The molecule has 0 radical (unpaired) electrons. The fourth-order valence-corrected chi connectivity index (χ4v) is 1.29. The molecule has 5 heteroatoms. The number of carbonyl (C=O) groups excluding carboxylic acids is 1. The molecule has 4 atom stereocenters. The van der Waals surface area contributed by atoms with Crippen LogP contribution in [0.1, 0.15) is 13.8 Å². The van der Waals surface area contributed by atoms with Crippen molar-refractivity contribution in [2.24, 2.45) is 0 Å². The van der Waals surface area contributed by atoms with E-state index in [1.807, 2.05) is 0 Å². The van der Waals surface area contributed by atoms with Gasteiger partial charge in [0.15, 0.2) is 0 Å². The van der Waals surface area contributed by atoms with Gasteiger partial charge >= 0.3 is 5.97 Å². The molecule has 1 aliphatic heterocycles. The van der Waals surface area contributed by atoms with Gasteiger partial charge in [0, 0.05) is 0 Å². The third-order valence-electron chi connectivity index (χ3n) is 2.09. The number of hydrogen-bond acceptors (Lipinski definition) is 4. The van der Waals surface area contributed by atoms with Crippen molar-refractivity contribution in [3.8, 4) is 0 Å². The van der Waals surface area contributed by atoms with Gasteiger partial charge in [-0.25, -0.2) is 4.79 Å². The Morgan fingerprint density at radius 1 is 1.64 bits per heavy atom. The standard InChI is InChI=1S/C9H13ClO4/c1-4(11)7(10)3-6-8(12)5(2)14-9(6)13/h3-5,7-8,11-12H,1-2H3/b6-3+/t4-,5+,7-,8-/m0/s1. The van der Waals surface area contributed by atoms with E-state index in [2.05, 4.69) is 0 Å². The molecule has 0 aromatic rings. The molecule has 0 spiro atoms. The van der Waals surface area contributed by atoms with E-state index in [0.29, 0.717) is 0 Å². The smallest absolute Gasteiger partial charge is 0.336 e. The zero-order valence-corrected chi connectivity index (χ0v) is 8.73. The predicted molar refractivity (Wildman–Crippen MR) is 51.0 cm³/mol. The van der Waals surface area contributed by atoms with Crippen LogP contribution in [0.2, 0.25) is 0 Å². The number of aliphatic hydroxyl groups excluding tert-OH is 2. The Balaban J connectivity index is 2.81. The molecule has 4 nitrogen and oxygen atoms in total. The van der Waals surface area contributed by atoms with Gasteiger partial charge in [0.1, 0.15) is 12.2 Å². The summed E-state index contributed by atoms with van der Waals surface area (Å²) in [5, 5.41) is 17.9. The maximum Gasteiger partial charge on any atom is 0.336 e. The molecular weight excluding hydrogens is 208 g/mol. The van der Waals surface area contributed by atoms with Crippen LogP contribution in [0.25, 0.3) is 0 Å². The summed E-state index contributed by atoms with van der Waals surface area (Å²) in [7, 11) is 0. The van der Waals surface area contributed by atoms with Crippen LogP contribution in [-0.2, 0) is 9.53 Å². The molecule has 1 rings (SSSR count). The Hall–Kier alpha value is -0.580. The average molecular weight is 221 g/mol. The summed E-state index contributed by atoms with van der Waals surface area (Å²) in [5.74, 6) is -0.573. The van der Waals surface area contributed by atoms with Crippen LogP contribution in [0.4, 0.5) is 0 Å². The van der Waals surface area contributed by atoms with Gasteiger partial charge in [-0.2, -0.15) is 0 Å². The monoisotopic (exact) mass is 220 g/mol. The van der Waals surface area contributed by atoms with Gasteiger partial charge in [-0.3, -0.25) is 0 Å². The number of ether oxygens (including phenoxy) is 1. The molecule has 1 fully saturated rings. The van der Waals surface area contributed by atoms with Crippen molar-refractivity contribution in [3.63, 3.8) is 0 Å². The van der Waals surface area contributed by atoms with Gasteiger partial charge in [0.25, 0.3) is 0 Å². The molecule has 1 saturated heterocycles. The molecule has 0 aromatic heterocycles. The van der Waals surface area contributed by atoms with Crippen molar-refractivity contribution in [2.75, 3.05) is 0 Å². The molecule has 80 valence electrons. The number of aliphatic hydroxyl groups is 2. The molecule has 2 N–H and O–H groups in total. The highest BCUT2D eigenvalue weighted by Crippen LogP contribution is 2.22. The molecule has 0 bridgehead atoms. The maximum atomic E-state index is 11.2. The summed E-state index contributed by atoms with van der Waals surface area (Å²) in [6, 6.07) is 0. The third kappa shape index (κ3) is 2.26. The molecule has 0 saturated carbocycles. The van der Waals surface area contributed by atoms with Crippen LogP contribution in [-0.4, -0.2) is 39.9 Å². The largest absolute Gasteiger partial charge is 0.456 e. The second-order valence-electron chi connectivity index (χ2n) is 3.36. The highest BCUT2D eigenvalue weighted by atomic mass is 35.5. The van der Waals surface area contributed by atoms with Crippen LogP contribution in [0.5, 0.6) is 0 Å². The average Bonchev–Trinajstić information content (AvgIpc) is 2.32. The maximum absolute atomic E-state index is 11.2. The van der Waals surface area contributed by atoms with Crippen LogP contribution in [0.15, 0.2) is 11.6 Å². The van der Waals surface area contributed by atoms with Gasteiger partial charge in [-0.05, 0) is 13.8 Å². The van der Waals surface area contributed by atoms with Crippen molar-refractivity contribution in [1.29, 1.82) is 0 Å². The summed E-state index contributed by atoms with van der Waals surface area (Å²) in [6.07, 6.45) is -0.947. The van der Waals surface area contributed by atoms with E-state index in [1.54, 1.807) is 6.92 Å². The van der Waals surface area contributed by atoms with Gasteiger partial charge in [-0.1, -0.05) is 6.08 Å². The van der Waals surface area contributed by atoms with E-state index < -0.39 is 29.7 Å². The zero-order chi connectivity index (χ0) is 10.9. The van der Waals surface area contributed by atoms with Gasteiger partial charge in [0.2, 0.25) is 0 Å². The molecule has 1 aliphatic rings. The second-order valence-corrected chi connectivity index (χ2v) is 3.87. The van der Waals surface area contributed by atoms with Crippen LogP contribution in [0, 0.1) is 0 Å². The Kier molecular flexibility index (Phi) is 3.53. The minimum atomic E-state index is -0.956. The first-order chi connectivity index (χ1) is 6.43. The van der Waals surface area contributed by atoms with Crippen LogP contribution >= 0.6 is 11.6 Å². The van der Waals surface area contributed by atoms with Gasteiger partial charge in [0.05, 0.1) is 17.1 Å². The molecule has 1 heterocycles. The lowest BCUT2D eigenvalue weighted by Gasteiger charge is -2.09. The predicted octanol–water partition coefficient (Wildman–Crippen LogP) is 0.207. The highest BCUT2D eigenvalue weighted by molar-refractivity contribution is 6.22. The van der Waals surface area contributed by atoms with Crippen molar-refractivity contribution in [3.05, 3.63) is 11.6 Å². The van der Waals surface area contributed by atoms with E-state index >= 15 is 0 Å². The molecule has 0 aliphatic carbocycles. The van der Waals surface area contributed by atoms with Gasteiger partial charge in [-0.15, -0.1) is 11.6 Å². The molecule has 0 amide bonds. The third-order valence-corrected chi connectivity index (χ3v) is 2.58. The fraction of sp³-hybridized carbons (Fsp3) is 0.667. The van der Waals surface area contributed by atoms with Crippen molar-refractivity contribution in [1.82, 2.24) is 0 Å². The van der Waals surface area contributed by atoms with Crippen molar-refractivity contribution >= 4 is 17.6 Å². The Labute approximate surface area is 87.1 Å². The normalized spacial score (nSPS) is 34.4. The molecular formula is C9H13ClO4. The summed E-state index contributed by atoms with van der Waals surface area (Å²) in [5.41, 5.74) is 0.124. The van der Waals surface area contributed by atoms with Gasteiger partial charge < -0.3 is 14.9 Å². The minimum absolute atomic E-state index is 0.124. The van der Waals surface area contributed by atoms with Crippen molar-refractivity contribution < 1.29 is 19.7 Å². The Morgan fingerprint density at radius 2 is 2.21 bits per heavy atom. The fourth-order valence-electron chi connectivity index (χ4n) is 1.15. The summed E-state index contributed by atoms with van der Waals surface area (Å²) in [4.78, 5) is 11.2. The number of cyclic esters (lactones) is 1. The SMILES string of the molecule is C[C@H](O)[C@@H](Cl)/C=C1/C(=O)O[C@H](C)[C@@H]1O. The van der Waals surface area contributed by atoms with E-state index in [1.165, 1.54) is 13.0 Å². The number of halogens is 1. The topological polar surface area (TPSA) is 66.8 Å². The lowest BCUT2D eigenvalue weighted by atomic mass is 10.1. The molecule has 0 unspecified atom stereocenters. The van der Waals surface area contributed by atoms with E-state index in [-0.39, 0.29) is 5.57 Å². The minimum Gasteiger partial charge on any atom is -0.456 e. The number of carbonyl (C=O) groups is 1. The lowest BCUT2D eigenvalue weighted by molar-refractivity contribution is -0.138. The first-order valence-corrected chi connectivity index (χ1v) is 4.80. The van der Waals surface area contributed by atoms with E-state index in [9.17, 15) is 9.90 Å². The van der Waals surface area contributed by atoms with E-state index in [0.717, 1.165) is 0 Å². The Bertz CT molecular complexity index is 262. The quantitative estimate of drug-likeness (QED) is 0.397. The Morgan fingerprint density at radius 3 is 2.57 bits per heavy atom. The second kappa shape index (κ2) is 4.29. The highest BCUT2D eigenvalue weighted by Gasteiger charge is 2.36. The first kappa shape index (κ1) is 11.5. The number of alkyl halides is 1. The van der Waals surface area contributed by atoms with Crippen molar-refractivity contribution in [2.45, 2.75) is 37.5 Å². The summed E-state index contributed by atoms with van der Waals surface area (Å²) in [6.45, 7) is 3.10. The summed E-state index contributed by atoms with van der Waals surface area (Å²) >= 11 is 5.73. The number of rotatable bonds is 2. The van der Waals surface area contributed by atoms with Crippen LogP contribution in [0.3, 0.4) is 0 Å². The number of hydrogen-bond donors (Lipinski definition) is 2. The lowest BCUT2D eigenvalue weighted by Crippen LogP contribution is -2.21. The van der Waals surface area contributed by atoms with Crippen LogP contribution < -0.4 is 0 Å². The van der Waals surface area contributed by atoms with E-state index in [4.69, 9.17) is 21.4 Å². The summed E-state index contributed by atoms with van der Waals surface area (Å²) < 4.78 is 4.77. The zero-order valence-electron chi connectivity index (χ0n) is 7.98. The number of esters is 1. The molecule has 14 heavy (non-hydrogen) atoms. The molecule has 0 aromatic carbocycles.